The molecule has 2 atom stereocenters. The van der Waals surface area contributed by atoms with Gasteiger partial charge in [-0.1, -0.05) is 18.2 Å². The van der Waals surface area contributed by atoms with Crippen molar-refractivity contribution >= 4 is 11.9 Å². The van der Waals surface area contributed by atoms with Crippen LogP contribution in [0.1, 0.15) is 52.9 Å². The number of amides is 1. The second-order valence-corrected chi connectivity index (χ2v) is 6.82. The monoisotopic (exact) mass is 339 g/mol. The number of benzene rings is 1. The van der Waals surface area contributed by atoms with Crippen LogP contribution in [-0.2, 0) is 9.53 Å². The van der Waals surface area contributed by atoms with Crippen LogP contribution in [0.4, 0.5) is 0 Å². The average molecular weight is 339 g/mol. The number of hydrogen-bond donors (Lipinski definition) is 0. The number of fused-ring (bicyclic) bond motifs is 1. The van der Waals surface area contributed by atoms with E-state index in [9.17, 15) is 9.59 Å². The normalized spacial score (nSPS) is 22.6. The SMILES string of the molecule is Cc1cnn([C@@H]2CCCN(C(=O)C[C@@H]3OC(=O)c4ccccc43)C2)c1. The predicted octanol–water partition coefficient (Wildman–Crippen LogP) is 2.66. The van der Waals surface area contributed by atoms with Crippen LogP contribution < -0.4 is 0 Å². The third kappa shape index (κ3) is 3.04. The highest BCUT2D eigenvalue weighted by molar-refractivity contribution is 5.94. The summed E-state index contributed by atoms with van der Waals surface area (Å²) in [4.78, 5) is 26.5. The lowest BCUT2D eigenvalue weighted by Crippen LogP contribution is -2.41. The zero-order valence-corrected chi connectivity index (χ0v) is 14.2. The highest BCUT2D eigenvalue weighted by Gasteiger charge is 2.34. The number of hydrogen-bond acceptors (Lipinski definition) is 4. The maximum absolute atomic E-state index is 12.8. The molecule has 3 heterocycles. The molecular formula is C19H21N3O3. The minimum absolute atomic E-state index is 0.0306. The van der Waals surface area contributed by atoms with Gasteiger partial charge in [-0.05, 0) is 31.4 Å². The van der Waals surface area contributed by atoms with Crippen LogP contribution in [0.5, 0.6) is 0 Å². The zero-order valence-electron chi connectivity index (χ0n) is 14.2. The van der Waals surface area contributed by atoms with Gasteiger partial charge in [-0.2, -0.15) is 5.10 Å². The van der Waals surface area contributed by atoms with Crippen molar-refractivity contribution in [2.24, 2.45) is 0 Å². The van der Waals surface area contributed by atoms with E-state index in [1.54, 1.807) is 6.07 Å². The largest absolute Gasteiger partial charge is 0.453 e. The first-order valence-corrected chi connectivity index (χ1v) is 8.70. The number of ether oxygens (including phenoxy) is 1. The van der Waals surface area contributed by atoms with E-state index in [0.717, 1.165) is 30.5 Å². The summed E-state index contributed by atoms with van der Waals surface area (Å²) >= 11 is 0. The van der Waals surface area contributed by atoms with Crippen molar-refractivity contribution in [1.82, 2.24) is 14.7 Å². The molecule has 0 unspecified atom stereocenters. The summed E-state index contributed by atoms with van der Waals surface area (Å²) < 4.78 is 7.36. The molecule has 0 spiro atoms. The molecule has 0 aliphatic carbocycles. The van der Waals surface area contributed by atoms with Crippen LogP contribution in [-0.4, -0.2) is 39.6 Å². The fourth-order valence-corrected chi connectivity index (χ4v) is 3.69. The summed E-state index contributed by atoms with van der Waals surface area (Å²) in [6.07, 6.45) is 5.57. The van der Waals surface area contributed by atoms with Gasteiger partial charge in [0.05, 0.1) is 24.2 Å². The first kappa shape index (κ1) is 15.9. The summed E-state index contributed by atoms with van der Waals surface area (Å²) in [7, 11) is 0. The summed E-state index contributed by atoms with van der Waals surface area (Å²) in [5.74, 6) is -0.306. The molecule has 2 aliphatic rings. The van der Waals surface area contributed by atoms with Gasteiger partial charge >= 0.3 is 5.97 Å². The molecule has 6 heteroatoms. The maximum Gasteiger partial charge on any atom is 0.339 e. The lowest BCUT2D eigenvalue weighted by Gasteiger charge is -2.33. The Hall–Kier alpha value is -2.63. The lowest BCUT2D eigenvalue weighted by molar-refractivity contribution is -0.135. The van der Waals surface area contributed by atoms with E-state index in [1.807, 2.05) is 47.1 Å². The van der Waals surface area contributed by atoms with Gasteiger partial charge in [0.2, 0.25) is 5.91 Å². The fraction of sp³-hybridized carbons (Fsp3) is 0.421. The second kappa shape index (κ2) is 6.35. The molecule has 1 aromatic heterocycles. The van der Waals surface area contributed by atoms with Gasteiger partial charge in [0, 0.05) is 24.8 Å². The molecule has 4 rings (SSSR count). The Balaban J connectivity index is 1.44. The number of carbonyl (C=O) groups is 2. The molecule has 1 fully saturated rings. The Morgan fingerprint density at radius 1 is 1.36 bits per heavy atom. The van der Waals surface area contributed by atoms with Gasteiger partial charge < -0.3 is 9.64 Å². The van der Waals surface area contributed by atoms with Crippen LogP contribution in [0.25, 0.3) is 0 Å². The van der Waals surface area contributed by atoms with Crippen molar-refractivity contribution in [2.75, 3.05) is 13.1 Å². The van der Waals surface area contributed by atoms with Crippen molar-refractivity contribution in [2.45, 2.75) is 38.3 Å². The molecule has 0 saturated carbocycles. The first-order valence-electron chi connectivity index (χ1n) is 8.70. The Labute approximate surface area is 146 Å². The van der Waals surface area contributed by atoms with Gasteiger partial charge in [-0.25, -0.2) is 4.79 Å². The van der Waals surface area contributed by atoms with Gasteiger partial charge in [-0.15, -0.1) is 0 Å². The minimum Gasteiger partial charge on any atom is -0.453 e. The highest BCUT2D eigenvalue weighted by atomic mass is 16.5. The Morgan fingerprint density at radius 2 is 2.20 bits per heavy atom. The molecule has 1 amide bonds. The Kier molecular flexibility index (Phi) is 4.03. The standard InChI is InChI=1S/C19H21N3O3/c1-13-10-20-22(11-13)14-5-4-8-21(12-14)18(23)9-17-15-6-2-3-7-16(15)19(24)25-17/h2-3,6-7,10-11,14,17H,4-5,8-9,12H2,1H3/t14-,17+/m1/s1. The van der Waals surface area contributed by atoms with Crippen LogP contribution in [0.3, 0.4) is 0 Å². The molecule has 1 aromatic carbocycles. The molecule has 6 nitrogen and oxygen atoms in total. The Morgan fingerprint density at radius 3 is 3.00 bits per heavy atom. The minimum atomic E-state index is -0.469. The summed E-state index contributed by atoms with van der Waals surface area (Å²) in [5.41, 5.74) is 2.51. The van der Waals surface area contributed by atoms with Crippen molar-refractivity contribution in [3.05, 3.63) is 53.3 Å². The second-order valence-electron chi connectivity index (χ2n) is 6.82. The molecular weight excluding hydrogens is 318 g/mol. The summed E-state index contributed by atoms with van der Waals surface area (Å²) in [6, 6.07) is 7.51. The zero-order chi connectivity index (χ0) is 17.4. The molecule has 0 bridgehead atoms. The molecule has 130 valence electrons. The molecule has 1 saturated heterocycles. The van der Waals surface area contributed by atoms with Gasteiger partial charge in [0.25, 0.3) is 0 Å². The summed E-state index contributed by atoms with van der Waals surface area (Å²) in [6.45, 7) is 3.42. The van der Waals surface area contributed by atoms with Crippen LogP contribution in [0.2, 0.25) is 0 Å². The third-order valence-electron chi connectivity index (χ3n) is 4.99. The van der Waals surface area contributed by atoms with Crippen molar-refractivity contribution in [1.29, 1.82) is 0 Å². The lowest BCUT2D eigenvalue weighted by atomic mass is 10.0. The molecule has 0 N–H and O–H groups in total. The van der Waals surface area contributed by atoms with E-state index in [1.165, 1.54) is 0 Å². The topological polar surface area (TPSA) is 64.4 Å². The van der Waals surface area contributed by atoms with Crippen LogP contribution in [0.15, 0.2) is 36.7 Å². The predicted molar refractivity (Wildman–Crippen MR) is 91.0 cm³/mol. The number of cyclic esters (lactones) is 1. The van der Waals surface area contributed by atoms with E-state index in [0.29, 0.717) is 12.1 Å². The van der Waals surface area contributed by atoms with Crippen LogP contribution in [0, 0.1) is 6.92 Å². The number of rotatable bonds is 3. The van der Waals surface area contributed by atoms with Crippen molar-refractivity contribution in [3.63, 3.8) is 0 Å². The first-order chi connectivity index (χ1) is 12.1. The number of likely N-dealkylation sites (tertiary alicyclic amines) is 1. The summed E-state index contributed by atoms with van der Waals surface area (Å²) in [5, 5.41) is 4.39. The number of esters is 1. The van der Waals surface area contributed by atoms with Gasteiger partial charge in [0.15, 0.2) is 0 Å². The smallest absolute Gasteiger partial charge is 0.339 e. The van der Waals surface area contributed by atoms with Crippen molar-refractivity contribution < 1.29 is 14.3 Å². The van der Waals surface area contributed by atoms with E-state index in [-0.39, 0.29) is 24.3 Å². The maximum atomic E-state index is 12.8. The highest BCUT2D eigenvalue weighted by Crippen LogP contribution is 2.33. The molecule has 2 aliphatic heterocycles. The van der Waals surface area contributed by atoms with E-state index >= 15 is 0 Å². The Bertz CT molecular complexity index is 814. The van der Waals surface area contributed by atoms with Crippen LogP contribution >= 0.6 is 0 Å². The van der Waals surface area contributed by atoms with Gasteiger partial charge in [0.1, 0.15) is 6.10 Å². The van der Waals surface area contributed by atoms with E-state index < -0.39 is 6.10 Å². The van der Waals surface area contributed by atoms with Gasteiger partial charge in [-0.3, -0.25) is 9.48 Å². The third-order valence-corrected chi connectivity index (χ3v) is 4.99. The fourth-order valence-electron chi connectivity index (χ4n) is 3.69. The number of nitrogens with zero attached hydrogens (tertiary/aromatic N) is 3. The number of aryl methyl sites for hydroxylation is 1. The van der Waals surface area contributed by atoms with E-state index in [2.05, 4.69) is 5.10 Å². The number of piperidine rings is 1. The molecule has 0 radical (unpaired) electrons. The number of aromatic nitrogens is 2. The van der Waals surface area contributed by atoms with Crippen molar-refractivity contribution in [3.8, 4) is 0 Å². The number of carbonyl (C=O) groups excluding carboxylic acids is 2. The molecule has 2 aromatic rings. The molecule has 25 heavy (non-hydrogen) atoms. The van der Waals surface area contributed by atoms with E-state index in [4.69, 9.17) is 4.74 Å². The average Bonchev–Trinajstić information content (AvgIpc) is 3.20. The quantitative estimate of drug-likeness (QED) is 0.807.